The molecule has 8 heteroatoms. The Balaban J connectivity index is 1.85. The highest BCUT2D eigenvalue weighted by Gasteiger charge is 2.47. The van der Waals surface area contributed by atoms with Gasteiger partial charge in [0.1, 0.15) is 5.76 Å². The van der Waals surface area contributed by atoms with Crippen LogP contribution in [0.15, 0.2) is 42.0 Å². The largest absolute Gasteiger partial charge is 0.507 e. The van der Waals surface area contributed by atoms with Crippen LogP contribution in [0.3, 0.4) is 0 Å². The minimum atomic E-state index is -0.819. The molecule has 2 aromatic rings. The number of amides is 1. The normalized spacial score (nSPS) is 20.3. The number of likely N-dealkylation sites (tertiary alicyclic amines) is 1. The molecule has 0 spiro atoms. The fourth-order valence-electron chi connectivity index (χ4n) is 4.77. The minimum Gasteiger partial charge on any atom is -0.507 e. The minimum absolute atomic E-state index is 0.0530. The van der Waals surface area contributed by atoms with Crippen molar-refractivity contribution in [3.8, 4) is 11.5 Å². The SMILES string of the molecule is COc1cccc(C2/C(=C(\O)c3cc(C)ccc3C)C(=O)C(=O)N2CCN2CCOCC2)c1OC. The summed E-state index contributed by atoms with van der Waals surface area (Å²) >= 11 is 0. The number of Topliss-reactive ketones (excluding diaryl/α,β-unsaturated/α-hetero) is 1. The van der Waals surface area contributed by atoms with Crippen LogP contribution in [0.4, 0.5) is 0 Å². The molecule has 1 N–H and O–H groups in total. The number of ether oxygens (including phenoxy) is 3. The highest BCUT2D eigenvalue weighted by atomic mass is 16.5. The maximum absolute atomic E-state index is 13.4. The number of carbonyl (C=O) groups is 2. The summed E-state index contributed by atoms with van der Waals surface area (Å²) in [4.78, 5) is 30.5. The van der Waals surface area contributed by atoms with E-state index < -0.39 is 17.7 Å². The van der Waals surface area contributed by atoms with E-state index in [2.05, 4.69) is 4.90 Å². The molecule has 2 aromatic carbocycles. The van der Waals surface area contributed by atoms with E-state index in [0.29, 0.717) is 48.9 Å². The van der Waals surface area contributed by atoms with Crippen LogP contribution in [-0.2, 0) is 14.3 Å². The molecule has 0 aliphatic carbocycles. The van der Waals surface area contributed by atoms with Gasteiger partial charge in [-0.15, -0.1) is 0 Å². The standard InChI is InChI=1S/C27H32N2O6/c1-17-8-9-18(2)20(16-17)24(30)22-23(19-6-5-7-21(33-3)26(19)34-4)29(27(32)25(22)31)11-10-28-12-14-35-15-13-28/h5-9,16,23,30H,10-15H2,1-4H3/b24-22+. The van der Waals surface area contributed by atoms with Gasteiger partial charge >= 0.3 is 0 Å². The number of hydrogen-bond donors (Lipinski definition) is 1. The first-order valence-corrected chi connectivity index (χ1v) is 11.7. The predicted octanol–water partition coefficient (Wildman–Crippen LogP) is 3.07. The molecule has 2 aliphatic rings. The van der Waals surface area contributed by atoms with Gasteiger partial charge in [0.15, 0.2) is 11.5 Å². The fraction of sp³-hybridized carbons (Fsp3) is 0.407. The number of carbonyl (C=O) groups excluding carboxylic acids is 2. The summed E-state index contributed by atoms with van der Waals surface area (Å²) in [5.74, 6) is -0.630. The fourth-order valence-corrected chi connectivity index (χ4v) is 4.77. The maximum Gasteiger partial charge on any atom is 0.295 e. The topological polar surface area (TPSA) is 88.5 Å². The second-order valence-electron chi connectivity index (χ2n) is 8.85. The maximum atomic E-state index is 13.4. The molecular weight excluding hydrogens is 448 g/mol. The first-order valence-electron chi connectivity index (χ1n) is 11.7. The van der Waals surface area contributed by atoms with Gasteiger partial charge in [0.25, 0.3) is 11.7 Å². The lowest BCUT2D eigenvalue weighted by atomic mass is 9.92. The van der Waals surface area contributed by atoms with Crippen LogP contribution in [0.1, 0.15) is 28.3 Å². The van der Waals surface area contributed by atoms with Crippen molar-refractivity contribution in [2.24, 2.45) is 0 Å². The van der Waals surface area contributed by atoms with E-state index in [1.807, 2.05) is 32.0 Å². The Morgan fingerprint density at radius 2 is 1.80 bits per heavy atom. The predicted molar refractivity (Wildman–Crippen MR) is 132 cm³/mol. The molecule has 2 heterocycles. The molecule has 4 rings (SSSR count). The summed E-state index contributed by atoms with van der Waals surface area (Å²) in [7, 11) is 3.05. The quantitative estimate of drug-likeness (QED) is 0.370. The van der Waals surface area contributed by atoms with Crippen molar-refractivity contribution in [2.45, 2.75) is 19.9 Å². The van der Waals surface area contributed by atoms with Crippen LogP contribution >= 0.6 is 0 Å². The summed E-state index contributed by atoms with van der Waals surface area (Å²) in [6.45, 7) is 7.49. The zero-order valence-corrected chi connectivity index (χ0v) is 20.7. The Morgan fingerprint density at radius 3 is 2.49 bits per heavy atom. The van der Waals surface area contributed by atoms with E-state index in [0.717, 1.165) is 24.2 Å². The van der Waals surface area contributed by atoms with Crippen molar-refractivity contribution in [1.82, 2.24) is 9.80 Å². The summed E-state index contributed by atoms with van der Waals surface area (Å²) < 4.78 is 16.6. The number of aliphatic hydroxyl groups excluding tert-OH is 1. The molecule has 0 radical (unpaired) electrons. The molecule has 35 heavy (non-hydrogen) atoms. The van der Waals surface area contributed by atoms with Gasteiger partial charge in [-0.25, -0.2) is 0 Å². The summed E-state index contributed by atoms with van der Waals surface area (Å²) in [6, 6.07) is 10.2. The van der Waals surface area contributed by atoms with E-state index >= 15 is 0 Å². The van der Waals surface area contributed by atoms with E-state index in [-0.39, 0.29) is 11.3 Å². The van der Waals surface area contributed by atoms with Gasteiger partial charge < -0.3 is 24.2 Å². The van der Waals surface area contributed by atoms with Crippen molar-refractivity contribution >= 4 is 17.4 Å². The third-order valence-corrected chi connectivity index (χ3v) is 6.68. The van der Waals surface area contributed by atoms with Gasteiger partial charge in [0.2, 0.25) is 0 Å². The summed E-state index contributed by atoms with van der Waals surface area (Å²) in [6.07, 6.45) is 0. The first kappa shape index (κ1) is 24.8. The lowest BCUT2D eigenvalue weighted by molar-refractivity contribution is -0.140. The Labute approximate surface area is 205 Å². The first-order chi connectivity index (χ1) is 16.9. The van der Waals surface area contributed by atoms with Crippen LogP contribution in [0.2, 0.25) is 0 Å². The number of aryl methyl sites for hydroxylation is 2. The zero-order chi connectivity index (χ0) is 25.1. The van der Waals surface area contributed by atoms with E-state index in [1.54, 1.807) is 18.2 Å². The third kappa shape index (κ3) is 4.76. The van der Waals surface area contributed by atoms with E-state index in [9.17, 15) is 14.7 Å². The molecule has 0 bridgehead atoms. The van der Waals surface area contributed by atoms with Crippen molar-refractivity contribution in [3.63, 3.8) is 0 Å². The number of ketones is 1. The second-order valence-corrected chi connectivity index (χ2v) is 8.85. The summed E-state index contributed by atoms with van der Waals surface area (Å²) in [5.41, 5.74) is 2.92. The molecule has 2 fully saturated rings. The Bertz CT molecular complexity index is 1150. The van der Waals surface area contributed by atoms with Gasteiger partial charge in [0, 0.05) is 37.3 Å². The van der Waals surface area contributed by atoms with E-state index in [4.69, 9.17) is 14.2 Å². The number of rotatable bonds is 7. The Kier molecular flexibility index (Phi) is 7.42. The van der Waals surface area contributed by atoms with Gasteiger partial charge in [-0.05, 0) is 31.5 Å². The Morgan fingerprint density at radius 1 is 1.06 bits per heavy atom. The van der Waals surface area contributed by atoms with E-state index in [1.165, 1.54) is 19.1 Å². The molecule has 186 valence electrons. The number of aliphatic hydroxyl groups is 1. The van der Waals surface area contributed by atoms with Crippen LogP contribution in [-0.4, -0.2) is 80.2 Å². The zero-order valence-electron chi connectivity index (χ0n) is 20.7. The lowest BCUT2D eigenvalue weighted by Crippen LogP contribution is -2.42. The lowest BCUT2D eigenvalue weighted by Gasteiger charge is -2.31. The number of nitrogens with zero attached hydrogens (tertiary/aromatic N) is 2. The van der Waals surface area contributed by atoms with Crippen molar-refractivity contribution in [3.05, 3.63) is 64.2 Å². The average Bonchev–Trinajstić information content (AvgIpc) is 3.13. The highest BCUT2D eigenvalue weighted by Crippen LogP contribution is 2.45. The molecule has 2 saturated heterocycles. The summed E-state index contributed by atoms with van der Waals surface area (Å²) in [5, 5.41) is 11.5. The van der Waals surface area contributed by atoms with Gasteiger partial charge in [-0.3, -0.25) is 14.5 Å². The van der Waals surface area contributed by atoms with Crippen LogP contribution in [0, 0.1) is 13.8 Å². The van der Waals surface area contributed by atoms with Crippen molar-refractivity contribution < 1.29 is 28.9 Å². The van der Waals surface area contributed by atoms with Crippen LogP contribution in [0.5, 0.6) is 11.5 Å². The number of hydrogen-bond acceptors (Lipinski definition) is 7. The molecule has 0 saturated carbocycles. The van der Waals surface area contributed by atoms with Crippen LogP contribution in [0.25, 0.3) is 5.76 Å². The average molecular weight is 481 g/mol. The molecule has 1 unspecified atom stereocenters. The number of methoxy groups -OCH3 is 2. The number of para-hydroxylation sites is 1. The number of benzene rings is 2. The number of morpholine rings is 1. The van der Waals surface area contributed by atoms with Crippen LogP contribution < -0.4 is 9.47 Å². The third-order valence-electron chi connectivity index (χ3n) is 6.68. The molecule has 8 nitrogen and oxygen atoms in total. The van der Waals surface area contributed by atoms with Crippen molar-refractivity contribution in [2.75, 3.05) is 53.6 Å². The highest BCUT2D eigenvalue weighted by molar-refractivity contribution is 6.46. The monoisotopic (exact) mass is 480 g/mol. The molecule has 1 amide bonds. The Hall–Kier alpha value is -3.36. The molecule has 2 aliphatic heterocycles. The molecular formula is C27H32N2O6. The van der Waals surface area contributed by atoms with Gasteiger partial charge in [0.05, 0.1) is 39.0 Å². The van der Waals surface area contributed by atoms with Crippen molar-refractivity contribution in [1.29, 1.82) is 0 Å². The smallest absolute Gasteiger partial charge is 0.295 e. The van der Waals surface area contributed by atoms with Gasteiger partial charge in [-0.2, -0.15) is 0 Å². The molecule has 0 aromatic heterocycles. The molecule has 1 atom stereocenters. The second kappa shape index (κ2) is 10.5. The van der Waals surface area contributed by atoms with Gasteiger partial charge in [-0.1, -0.05) is 29.8 Å².